The van der Waals surface area contributed by atoms with E-state index in [2.05, 4.69) is 31.8 Å². The lowest BCUT2D eigenvalue weighted by atomic mass is 10.1. The molecule has 2 amide bonds. The number of ketones is 1. The van der Waals surface area contributed by atoms with Crippen molar-refractivity contribution in [3.63, 3.8) is 0 Å². The molecule has 2 heterocycles. The molecule has 0 aliphatic heterocycles. The lowest BCUT2D eigenvalue weighted by Gasteiger charge is -2.05. The average Bonchev–Trinajstić information content (AvgIpc) is 3.14. The van der Waals surface area contributed by atoms with Gasteiger partial charge in [0.1, 0.15) is 0 Å². The predicted octanol–water partition coefficient (Wildman–Crippen LogP) is 2.94. The summed E-state index contributed by atoms with van der Waals surface area (Å²) in [5.74, 6) is -2.09. The summed E-state index contributed by atoms with van der Waals surface area (Å²) >= 11 is 4.48. The third-order valence-electron chi connectivity index (χ3n) is 3.41. The van der Waals surface area contributed by atoms with Gasteiger partial charge < -0.3 is 4.98 Å². The van der Waals surface area contributed by atoms with Crippen LogP contribution < -0.4 is 10.9 Å². The molecular formula is C16H12BrN3O3S. The molecule has 2 aromatic heterocycles. The van der Waals surface area contributed by atoms with Crippen LogP contribution >= 0.6 is 27.3 Å². The van der Waals surface area contributed by atoms with Crippen LogP contribution in [0, 0.1) is 6.92 Å². The van der Waals surface area contributed by atoms with E-state index in [1.807, 2.05) is 12.1 Å². The smallest absolute Gasteiger partial charge is 0.310 e. The van der Waals surface area contributed by atoms with Gasteiger partial charge in [-0.2, -0.15) is 0 Å². The highest BCUT2D eigenvalue weighted by atomic mass is 79.9. The van der Waals surface area contributed by atoms with Gasteiger partial charge >= 0.3 is 5.91 Å². The minimum atomic E-state index is -0.896. The summed E-state index contributed by atoms with van der Waals surface area (Å²) in [5.41, 5.74) is 6.08. The number of nitrogens with one attached hydrogen (secondary N) is 3. The molecule has 0 aliphatic carbocycles. The van der Waals surface area contributed by atoms with E-state index >= 15 is 0 Å². The summed E-state index contributed by atoms with van der Waals surface area (Å²) in [5, 5.41) is 0.670. The monoisotopic (exact) mass is 405 g/mol. The van der Waals surface area contributed by atoms with Crippen LogP contribution in [-0.4, -0.2) is 22.6 Å². The molecule has 0 fully saturated rings. The third-order valence-corrected chi connectivity index (χ3v) is 5.04. The van der Waals surface area contributed by atoms with Crippen molar-refractivity contribution < 1.29 is 14.4 Å². The first-order chi connectivity index (χ1) is 11.5. The summed E-state index contributed by atoms with van der Waals surface area (Å²) in [4.78, 5) is 39.9. The summed E-state index contributed by atoms with van der Waals surface area (Å²) in [6, 6.07) is 10.6. The Balaban J connectivity index is 1.74. The molecule has 0 aliphatic rings. The van der Waals surface area contributed by atoms with Crippen molar-refractivity contribution in [2.75, 3.05) is 0 Å². The Morgan fingerprint density at radius 1 is 1.08 bits per heavy atom. The van der Waals surface area contributed by atoms with Crippen molar-refractivity contribution in [3.8, 4) is 0 Å². The second-order valence-corrected chi connectivity index (χ2v) is 7.47. The van der Waals surface area contributed by atoms with E-state index in [1.54, 1.807) is 31.2 Å². The summed E-state index contributed by atoms with van der Waals surface area (Å²) in [7, 11) is 0. The number of aromatic nitrogens is 1. The second-order valence-electron chi connectivity index (χ2n) is 5.01. The van der Waals surface area contributed by atoms with E-state index in [1.165, 1.54) is 11.3 Å². The van der Waals surface area contributed by atoms with Crippen molar-refractivity contribution in [1.82, 2.24) is 15.8 Å². The zero-order chi connectivity index (χ0) is 17.3. The summed E-state index contributed by atoms with van der Waals surface area (Å²) in [6.07, 6.45) is 0. The van der Waals surface area contributed by atoms with Crippen LogP contribution in [0.15, 0.2) is 40.2 Å². The molecule has 0 spiro atoms. The SMILES string of the molecule is Cc1[nH]c2ccccc2c1C(=O)C(=O)NNC(=O)c1ccc(Br)s1. The number of hydrogen-bond donors (Lipinski definition) is 3. The van der Waals surface area contributed by atoms with Crippen molar-refractivity contribution in [1.29, 1.82) is 0 Å². The number of carbonyl (C=O) groups excluding carboxylic acids is 3. The molecule has 3 N–H and O–H groups in total. The predicted molar refractivity (Wildman–Crippen MR) is 95.0 cm³/mol. The molecule has 0 unspecified atom stereocenters. The molecule has 24 heavy (non-hydrogen) atoms. The van der Waals surface area contributed by atoms with Crippen molar-refractivity contribution >= 4 is 55.8 Å². The fraction of sp³-hybridized carbons (Fsp3) is 0.0625. The Bertz CT molecular complexity index is 961. The first-order valence-corrected chi connectivity index (χ1v) is 8.56. The Labute approximate surface area is 149 Å². The van der Waals surface area contributed by atoms with E-state index in [4.69, 9.17) is 0 Å². The van der Waals surface area contributed by atoms with E-state index in [-0.39, 0.29) is 0 Å². The van der Waals surface area contributed by atoms with E-state index in [0.29, 0.717) is 21.5 Å². The van der Waals surface area contributed by atoms with Crippen molar-refractivity contribution in [2.24, 2.45) is 0 Å². The van der Waals surface area contributed by atoms with E-state index in [0.717, 1.165) is 9.30 Å². The third kappa shape index (κ3) is 3.10. The number of hydrazine groups is 1. The van der Waals surface area contributed by atoms with Crippen molar-refractivity contribution in [3.05, 3.63) is 56.3 Å². The average molecular weight is 406 g/mol. The Kier molecular flexibility index (Phi) is 4.50. The zero-order valence-corrected chi connectivity index (χ0v) is 14.9. The number of hydrogen-bond acceptors (Lipinski definition) is 4. The topological polar surface area (TPSA) is 91.1 Å². The number of thiophene rings is 1. The molecule has 3 aromatic rings. The number of benzene rings is 1. The molecule has 122 valence electrons. The Morgan fingerprint density at radius 2 is 1.83 bits per heavy atom. The number of aryl methyl sites for hydroxylation is 1. The summed E-state index contributed by atoms with van der Waals surface area (Å²) in [6.45, 7) is 1.72. The Hall–Kier alpha value is -2.45. The maximum atomic E-state index is 12.4. The minimum Gasteiger partial charge on any atom is -0.358 e. The number of rotatable bonds is 3. The van der Waals surface area contributed by atoms with Gasteiger partial charge in [-0.1, -0.05) is 18.2 Å². The highest BCUT2D eigenvalue weighted by molar-refractivity contribution is 9.11. The van der Waals surface area contributed by atoms with Crippen LogP contribution in [0.1, 0.15) is 25.7 Å². The fourth-order valence-corrected chi connectivity index (χ4v) is 3.63. The fourth-order valence-electron chi connectivity index (χ4n) is 2.35. The van der Waals surface area contributed by atoms with Crippen LogP contribution in [0.2, 0.25) is 0 Å². The van der Waals surface area contributed by atoms with Gasteiger partial charge in [0.05, 0.1) is 14.2 Å². The number of amides is 2. The number of para-hydroxylation sites is 1. The van der Waals surface area contributed by atoms with Crippen LogP contribution in [-0.2, 0) is 4.79 Å². The number of halogens is 1. The molecule has 0 atom stereocenters. The van der Waals surface area contributed by atoms with Gasteiger partial charge in [-0.3, -0.25) is 25.2 Å². The maximum absolute atomic E-state index is 12.4. The number of H-pyrrole nitrogens is 1. The Morgan fingerprint density at radius 3 is 2.54 bits per heavy atom. The maximum Gasteiger partial charge on any atom is 0.310 e. The largest absolute Gasteiger partial charge is 0.358 e. The lowest BCUT2D eigenvalue weighted by Crippen LogP contribution is -2.44. The molecule has 0 saturated carbocycles. The quantitative estimate of drug-likeness (QED) is 0.355. The van der Waals surface area contributed by atoms with Crippen LogP contribution in [0.4, 0.5) is 0 Å². The summed E-state index contributed by atoms with van der Waals surface area (Å²) < 4.78 is 0.796. The highest BCUT2D eigenvalue weighted by Gasteiger charge is 2.23. The normalized spacial score (nSPS) is 10.6. The standard InChI is InChI=1S/C16H12BrN3O3S/c1-8-13(9-4-2-3-5-10(9)18-8)14(21)16(23)20-19-15(22)11-6-7-12(17)24-11/h2-7,18H,1H3,(H,19,22)(H,20,23). The number of aromatic amines is 1. The number of Topliss-reactive ketones (excluding diaryl/α,β-unsaturated/α-hetero) is 1. The molecule has 8 heteroatoms. The highest BCUT2D eigenvalue weighted by Crippen LogP contribution is 2.23. The van der Waals surface area contributed by atoms with Crippen LogP contribution in [0.25, 0.3) is 10.9 Å². The van der Waals surface area contributed by atoms with Gasteiger partial charge in [0.2, 0.25) is 0 Å². The van der Waals surface area contributed by atoms with Gasteiger partial charge in [-0.15, -0.1) is 11.3 Å². The molecule has 0 saturated heterocycles. The number of fused-ring (bicyclic) bond motifs is 1. The molecular weight excluding hydrogens is 394 g/mol. The lowest BCUT2D eigenvalue weighted by molar-refractivity contribution is -0.117. The molecule has 1 aromatic carbocycles. The van der Waals surface area contributed by atoms with Gasteiger partial charge in [0, 0.05) is 16.6 Å². The van der Waals surface area contributed by atoms with Gasteiger partial charge in [0.15, 0.2) is 0 Å². The van der Waals surface area contributed by atoms with Gasteiger partial charge in [-0.25, -0.2) is 0 Å². The molecule has 0 bridgehead atoms. The van der Waals surface area contributed by atoms with Crippen LogP contribution in [0.3, 0.4) is 0 Å². The second kappa shape index (κ2) is 6.58. The minimum absolute atomic E-state index is 0.302. The molecule has 0 radical (unpaired) electrons. The zero-order valence-electron chi connectivity index (χ0n) is 12.5. The van der Waals surface area contributed by atoms with Crippen molar-refractivity contribution in [2.45, 2.75) is 6.92 Å². The molecule has 3 rings (SSSR count). The van der Waals surface area contributed by atoms with Crippen LogP contribution in [0.5, 0.6) is 0 Å². The molecule has 6 nitrogen and oxygen atoms in total. The van der Waals surface area contributed by atoms with E-state index < -0.39 is 17.6 Å². The van der Waals surface area contributed by atoms with E-state index in [9.17, 15) is 14.4 Å². The first kappa shape index (κ1) is 16.4. The van der Waals surface area contributed by atoms with Gasteiger partial charge in [0.25, 0.3) is 11.7 Å². The number of carbonyl (C=O) groups is 3. The van der Waals surface area contributed by atoms with Gasteiger partial charge in [-0.05, 0) is 41.1 Å². The first-order valence-electron chi connectivity index (χ1n) is 6.95.